The molecule has 1 fully saturated rings. The first-order chi connectivity index (χ1) is 5.22. The fraction of sp³-hybridized carbons (Fsp3) is 1.00. The van der Waals surface area contributed by atoms with Gasteiger partial charge in [0.05, 0.1) is 6.10 Å². The highest BCUT2D eigenvalue weighted by atomic mass is 16.8. The second-order valence-corrected chi connectivity index (χ2v) is 2.77. The second kappa shape index (κ2) is 4.04. The molecule has 0 aromatic carbocycles. The van der Waals surface area contributed by atoms with Crippen molar-refractivity contribution in [1.82, 2.24) is 0 Å². The van der Waals surface area contributed by atoms with E-state index >= 15 is 0 Å². The van der Waals surface area contributed by atoms with Crippen LogP contribution in [0.4, 0.5) is 0 Å². The molecule has 3 unspecified atom stereocenters. The van der Waals surface area contributed by atoms with Crippen LogP contribution in [0.15, 0.2) is 0 Å². The van der Waals surface area contributed by atoms with Gasteiger partial charge < -0.3 is 14.2 Å². The summed E-state index contributed by atoms with van der Waals surface area (Å²) < 4.78 is 16.0. The Balaban J connectivity index is 2.30. The van der Waals surface area contributed by atoms with E-state index in [2.05, 4.69) is 0 Å². The van der Waals surface area contributed by atoms with Crippen molar-refractivity contribution < 1.29 is 14.2 Å². The lowest BCUT2D eigenvalue weighted by atomic mass is 10.2. The Morgan fingerprint density at radius 2 is 2.09 bits per heavy atom. The summed E-state index contributed by atoms with van der Waals surface area (Å²) in [5.74, 6) is 0. The van der Waals surface area contributed by atoms with Gasteiger partial charge >= 0.3 is 0 Å². The Hall–Kier alpha value is -0.120. The molecule has 0 radical (unpaired) electrons. The summed E-state index contributed by atoms with van der Waals surface area (Å²) in [7, 11) is 0. The van der Waals surface area contributed by atoms with E-state index in [-0.39, 0.29) is 18.7 Å². The van der Waals surface area contributed by atoms with E-state index in [9.17, 15) is 0 Å². The molecule has 1 saturated heterocycles. The summed E-state index contributed by atoms with van der Waals surface area (Å²) in [6, 6.07) is 0. The Morgan fingerprint density at radius 3 is 2.64 bits per heavy atom. The smallest absolute Gasteiger partial charge is 0.163 e. The molecule has 0 aliphatic carbocycles. The van der Waals surface area contributed by atoms with Crippen molar-refractivity contribution in [3.63, 3.8) is 0 Å². The van der Waals surface area contributed by atoms with Crippen LogP contribution in [0.2, 0.25) is 0 Å². The Kier molecular flexibility index (Phi) is 3.30. The molecular formula is C8H16O3. The molecule has 0 amide bonds. The number of hydrogen-bond donors (Lipinski definition) is 0. The standard InChI is InChI=1S/C8H16O3/c1-4-9-8-5-6(2)10-7(3)11-8/h6-8H,4-5H2,1-3H3. The van der Waals surface area contributed by atoms with Crippen LogP contribution in [0.1, 0.15) is 27.2 Å². The van der Waals surface area contributed by atoms with Gasteiger partial charge in [0.15, 0.2) is 12.6 Å². The summed E-state index contributed by atoms with van der Waals surface area (Å²) in [6.07, 6.45) is 0.877. The van der Waals surface area contributed by atoms with Crippen LogP contribution in [-0.2, 0) is 14.2 Å². The van der Waals surface area contributed by atoms with E-state index in [0.717, 1.165) is 6.42 Å². The van der Waals surface area contributed by atoms with Gasteiger partial charge in [-0.1, -0.05) is 0 Å². The lowest BCUT2D eigenvalue weighted by Crippen LogP contribution is -2.36. The molecule has 0 spiro atoms. The van der Waals surface area contributed by atoms with Gasteiger partial charge in [-0.3, -0.25) is 0 Å². The molecule has 0 bridgehead atoms. The zero-order valence-electron chi connectivity index (χ0n) is 7.37. The molecule has 1 heterocycles. The molecule has 1 rings (SSSR count). The Morgan fingerprint density at radius 1 is 1.36 bits per heavy atom. The topological polar surface area (TPSA) is 27.7 Å². The molecule has 0 N–H and O–H groups in total. The zero-order chi connectivity index (χ0) is 8.27. The number of rotatable bonds is 2. The molecular weight excluding hydrogens is 144 g/mol. The van der Waals surface area contributed by atoms with Gasteiger partial charge in [-0.05, 0) is 20.8 Å². The Labute approximate surface area is 67.6 Å². The van der Waals surface area contributed by atoms with Gasteiger partial charge in [0.1, 0.15) is 0 Å². The van der Waals surface area contributed by atoms with Crippen molar-refractivity contribution in [2.75, 3.05) is 6.61 Å². The van der Waals surface area contributed by atoms with Crippen LogP contribution >= 0.6 is 0 Å². The third-order valence-electron chi connectivity index (χ3n) is 1.64. The van der Waals surface area contributed by atoms with Crippen LogP contribution in [-0.4, -0.2) is 25.3 Å². The molecule has 1 aliphatic heterocycles. The first-order valence-electron chi connectivity index (χ1n) is 4.15. The molecule has 66 valence electrons. The van der Waals surface area contributed by atoms with Crippen LogP contribution < -0.4 is 0 Å². The lowest BCUT2D eigenvalue weighted by Gasteiger charge is -2.31. The van der Waals surface area contributed by atoms with Gasteiger partial charge in [0, 0.05) is 13.0 Å². The van der Waals surface area contributed by atoms with Gasteiger partial charge in [-0.15, -0.1) is 0 Å². The maximum absolute atomic E-state index is 5.36. The van der Waals surface area contributed by atoms with Crippen molar-refractivity contribution >= 4 is 0 Å². The molecule has 3 heteroatoms. The van der Waals surface area contributed by atoms with E-state index in [1.165, 1.54) is 0 Å². The predicted molar refractivity (Wildman–Crippen MR) is 41.1 cm³/mol. The molecule has 0 aromatic heterocycles. The molecule has 0 aromatic rings. The van der Waals surface area contributed by atoms with Gasteiger partial charge in [0.25, 0.3) is 0 Å². The van der Waals surface area contributed by atoms with Gasteiger partial charge in [0.2, 0.25) is 0 Å². The van der Waals surface area contributed by atoms with Crippen molar-refractivity contribution in [1.29, 1.82) is 0 Å². The lowest BCUT2D eigenvalue weighted by molar-refractivity contribution is -0.296. The molecule has 1 aliphatic rings. The third-order valence-corrected chi connectivity index (χ3v) is 1.64. The maximum atomic E-state index is 5.36. The van der Waals surface area contributed by atoms with Crippen LogP contribution in [0, 0.1) is 0 Å². The highest BCUT2D eigenvalue weighted by Gasteiger charge is 2.24. The van der Waals surface area contributed by atoms with Crippen molar-refractivity contribution in [2.24, 2.45) is 0 Å². The van der Waals surface area contributed by atoms with Gasteiger partial charge in [-0.2, -0.15) is 0 Å². The predicted octanol–water partition coefficient (Wildman–Crippen LogP) is 1.52. The average molecular weight is 160 g/mol. The molecule has 11 heavy (non-hydrogen) atoms. The van der Waals surface area contributed by atoms with Crippen molar-refractivity contribution in [3.05, 3.63) is 0 Å². The minimum atomic E-state index is -0.129. The monoisotopic (exact) mass is 160 g/mol. The quantitative estimate of drug-likeness (QED) is 0.613. The van der Waals surface area contributed by atoms with Crippen molar-refractivity contribution in [3.8, 4) is 0 Å². The van der Waals surface area contributed by atoms with E-state index in [0.29, 0.717) is 6.61 Å². The highest BCUT2D eigenvalue weighted by molar-refractivity contribution is 4.60. The summed E-state index contributed by atoms with van der Waals surface area (Å²) >= 11 is 0. The van der Waals surface area contributed by atoms with E-state index < -0.39 is 0 Å². The molecule has 0 saturated carbocycles. The first-order valence-corrected chi connectivity index (χ1v) is 4.15. The largest absolute Gasteiger partial charge is 0.353 e. The van der Waals surface area contributed by atoms with Crippen molar-refractivity contribution in [2.45, 2.75) is 45.9 Å². The normalized spacial score (nSPS) is 39.0. The molecule has 3 atom stereocenters. The summed E-state index contributed by atoms with van der Waals surface area (Å²) in [5, 5.41) is 0. The zero-order valence-corrected chi connectivity index (χ0v) is 7.37. The van der Waals surface area contributed by atoms with Crippen LogP contribution in [0.3, 0.4) is 0 Å². The SMILES string of the molecule is CCOC1CC(C)OC(C)O1. The summed E-state index contributed by atoms with van der Waals surface area (Å²) in [5.41, 5.74) is 0. The average Bonchev–Trinajstić information content (AvgIpc) is 1.85. The van der Waals surface area contributed by atoms with Crippen LogP contribution in [0.5, 0.6) is 0 Å². The van der Waals surface area contributed by atoms with E-state index in [1.807, 2.05) is 20.8 Å². The fourth-order valence-corrected chi connectivity index (χ4v) is 1.25. The van der Waals surface area contributed by atoms with E-state index in [4.69, 9.17) is 14.2 Å². The summed E-state index contributed by atoms with van der Waals surface area (Å²) in [4.78, 5) is 0. The van der Waals surface area contributed by atoms with Gasteiger partial charge in [-0.25, -0.2) is 0 Å². The second-order valence-electron chi connectivity index (χ2n) is 2.77. The van der Waals surface area contributed by atoms with E-state index in [1.54, 1.807) is 0 Å². The minimum absolute atomic E-state index is 0.0706. The molecule has 3 nitrogen and oxygen atoms in total. The number of hydrogen-bond acceptors (Lipinski definition) is 3. The highest BCUT2D eigenvalue weighted by Crippen LogP contribution is 2.18. The summed E-state index contributed by atoms with van der Waals surface area (Å²) in [6.45, 7) is 6.59. The third kappa shape index (κ3) is 2.77. The first kappa shape index (κ1) is 8.97. The maximum Gasteiger partial charge on any atom is 0.163 e. The minimum Gasteiger partial charge on any atom is -0.353 e. The Bertz CT molecular complexity index is 106. The van der Waals surface area contributed by atoms with Crippen LogP contribution in [0.25, 0.3) is 0 Å². The fourth-order valence-electron chi connectivity index (χ4n) is 1.25. The number of ether oxygens (including phenoxy) is 3.